The topological polar surface area (TPSA) is 76.2 Å². The zero-order chi connectivity index (χ0) is 20.8. The lowest BCUT2D eigenvalue weighted by Crippen LogP contribution is -2.15. The van der Waals surface area contributed by atoms with Crippen molar-refractivity contribution in [1.82, 2.24) is 10.2 Å². The first-order valence-corrected chi connectivity index (χ1v) is 9.39. The summed E-state index contributed by atoms with van der Waals surface area (Å²) in [5, 5.41) is 10.4. The summed E-state index contributed by atoms with van der Waals surface area (Å²) in [6.07, 6.45) is 1.78. The molecule has 0 unspecified atom stereocenters. The number of rotatable bonds is 8. The normalized spacial score (nSPS) is 10.6. The second-order valence-electron chi connectivity index (χ2n) is 6.60. The largest absolute Gasteiger partial charge is 0.493 e. The molecule has 0 saturated heterocycles. The third-order valence-electron chi connectivity index (χ3n) is 4.54. The lowest BCUT2D eigenvalue weighted by Gasteiger charge is -2.11. The number of halogens is 1. The van der Waals surface area contributed by atoms with Crippen LogP contribution in [0.4, 0.5) is 10.1 Å². The average Bonchev–Trinajstić information content (AvgIpc) is 3.11. The molecule has 1 heterocycles. The summed E-state index contributed by atoms with van der Waals surface area (Å²) < 4.78 is 23.8. The van der Waals surface area contributed by atoms with Gasteiger partial charge in [0.15, 0.2) is 11.5 Å². The van der Waals surface area contributed by atoms with E-state index in [1.807, 2.05) is 12.1 Å². The summed E-state index contributed by atoms with van der Waals surface area (Å²) in [5.74, 6) is 0.665. The van der Waals surface area contributed by atoms with Gasteiger partial charge in [-0.15, -0.1) is 0 Å². The molecule has 2 N–H and O–H groups in total. The highest BCUT2D eigenvalue weighted by atomic mass is 19.1. The lowest BCUT2D eigenvalue weighted by atomic mass is 10.1. The first-order chi connectivity index (χ1) is 14.0. The van der Waals surface area contributed by atoms with Crippen LogP contribution in [-0.4, -0.2) is 30.3 Å². The van der Waals surface area contributed by atoms with E-state index >= 15 is 0 Å². The van der Waals surface area contributed by atoms with Gasteiger partial charge in [0.25, 0.3) is 0 Å². The number of aryl methyl sites for hydroxylation is 1. The van der Waals surface area contributed by atoms with Gasteiger partial charge in [0, 0.05) is 5.56 Å². The number of nitrogens with zero attached hydrogens (tertiary/aromatic N) is 1. The van der Waals surface area contributed by atoms with Crippen LogP contribution in [0.5, 0.6) is 11.5 Å². The van der Waals surface area contributed by atoms with Crippen LogP contribution in [0.3, 0.4) is 0 Å². The molecule has 0 aliphatic rings. The summed E-state index contributed by atoms with van der Waals surface area (Å²) in [4.78, 5) is 12.6. The van der Waals surface area contributed by atoms with Crippen LogP contribution in [0, 0.1) is 5.82 Å². The highest BCUT2D eigenvalue weighted by Crippen LogP contribution is 2.36. The van der Waals surface area contributed by atoms with Crippen molar-refractivity contribution in [2.75, 3.05) is 19.5 Å². The Balaban J connectivity index is 1.90. The summed E-state index contributed by atoms with van der Waals surface area (Å²) in [7, 11) is 3.15. The van der Waals surface area contributed by atoms with Crippen molar-refractivity contribution in [3.63, 3.8) is 0 Å². The van der Waals surface area contributed by atoms with Gasteiger partial charge in [0.05, 0.1) is 32.0 Å². The van der Waals surface area contributed by atoms with Crippen LogP contribution < -0.4 is 14.8 Å². The molecule has 0 radical (unpaired) electrons. The molecule has 1 amide bonds. The Morgan fingerprint density at radius 3 is 2.48 bits per heavy atom. The minimum Gasteiger partial charge on any atom is -0.493 e. The molecule has 6 nitrogen and oxygen atoms in total. The van der Waals surface area contributed by atoms with Gasteiger partial charge in [-0.05, 0) is 42.3 Å². The first kappa shape index (κ1) is 20.4. The number of nitrogens with one attached hydrogen (secondary N) is 2. The number of amides is 1. The Morgan fingerprint density at radius 2 is 1.83 bits per heavy atom. The molecule has 0 atom stereocenters. The Bertz CT molecular complexity index is 983. The number of hydrogen-bond acceptors (Lipinski definition) is 4. The fraction of sp³-hybridized carbons (Fsp3) is 0.273. The second-order valence-corrected chi connectivity index (χ2v) is 6.60. The van der Waals surface area contributed by atoms with Gasteiger partial charge in [-0.2, -0.15) is 5.10 Å². The van der Waals surface area contributed by atoms with E-state index in [1.54, 1.807) is 32.4 Å². The molecular formula is C22H24FN3O3. The van der Waals surface area contributed by atoms with E-state index in [-0.39, 0.29) is 18.1 Å². The Morgan fingerprint density at radius 1 is 1.10 bits per heavy atom. The number of ether oxygens (including phenoxy) is 2. The molecule has 7 heteroatoms. The molecule has 3 aromatic rings. The molecule has 0 aliphatic heterocycles. The van der Waals surface area contributed by atoms with E-state index in [0.29, 0.717) is 22.9 Å². The van der Waals surface area contributed by atoms with Crippen molar-refractivity contribution in [2.45, 2.75) is 26.2 Å². The maximum absolute atomic E-state index is 13.1. The lowest BCUT2D eigenvalue weighted by molar-refractivity contribution is -0.115. The molecular weight excluding hydrogens is 373 g/mol. The summed E-state index contributed by atoms with van der Waals surface area (Å²) in [5.41, 5.74) is 3.65. The van der Waals surface area contributed by atoms with E-state index in [1.165, 1.54) is 12.1 Å². The second kappa shape index (κ2) is 9.23. The van der Waals surface area contributed by atoms with Crippen LogP contribution in [0.2, 0.25) is 0 Å². The fourth-order valence-corrected chi connectivity index (χ4v) is 3.11. The van der Waals surface area contributed by atoms with Gasteiger partial charge in [0.1, 0.15) is 11.5 Å². The molecule has 1 aromatic heterocycles. The standard InChI is InChI=1S/C22H24FN3O3/c1-4-5-17-22(24-20(27)12-14-6-9-16(23)10-7-14)21(26-25-17)15-8-11-18(28-2)19(13-15)29-3/h6-11,13H,4-5,12H2,1-3H3,(H,24,27)(H,25,26). The highest BCUT2D eigenvalue weighted by molar-refractivity contribution is 5.96. The van der Waals surface area contributed by atoms with Crippen molar-refractivity contribution < 1.29 is 18.7 Å². The quantitative estimate of drug-likeness (QED) is 0.592. The molecule has 0 aliphatic carbocycles. The number of benzene rings is 2. The van der Waals surface area contributed by atoms with Crippen molar-refractivity contribution in [2.24, 2.45) is 0 Å². The molecule has 0 fully saturated rings. The molecule has 0 bridgehead atoms. The smallest absolute Gasteiger partial charge is 0.228 e. The van der Waals surface area contributed by atoms with E-state index < -0.39 is 0 Å². The van der Waals surface area contributed by atoms with Gasteiger partial charge in [-0.3, -0.25) is 9.89 Å². The zero-order valence-corrected chi connectivity index (χ0v) is 16.7. The first-order valence-electron chi connectivity index (χ1n) is 9.39. The Labute approximate surface area is 169 Å². The molecule has 2 aromatic carbocycles. The van der Waals surface area contributed by atoms with E-state index in [9.17, 15) is 9.18 Å². The predicted octanol–water partition coefficient (Wildman–Crippen LogP) is 4.37. The average molecular weight is 397 g/mol. The zero-order valence-electron chi connectivity index (χ0n) is 16.7. The Kier molecular flexibility index (Phi) is 6.49. The minimum atomic E-state index is -0.329. The number of aromatic amines is 1. The van der Waals surface area contributed by atoms with Crippen LogP contribution in [0.15, 0.2) is 42.5 Å². The van der Waals surface area contributed by atoms with E-state index in [2.05, 4.69) is 22.4 Å². The number of anilines is 1. The monoisotopic (exact) mass is 397 g/mol. The number of aromatic nitrogens is 2. The van der Waals surface area contributed by atoms with Crippen LogP contribution >= 0.6 is 0 Å². The van der Waals surface area contributed by atoms with Gasteiger partial charge < -0.3 is 14.8 Å². The van der Waals surface area contributed by atoms with E-state index in [0.717, 1.165) is 29.7 Å². The summed E-state index contributed by atoms with van der Waals surface area (Å²) >= 11 is 0. The van der Waals surface area contributed by atoms with Crippen molar-refractivity contribution >= 4 is 11.6 Å². The summed E-state index contributed by atoms with van der Waals surface area (Å²) in [6, 6.07) is 11.4. The third-order valence-corrected chi connectivity index (χ3v) is 4.54. The van der Waals surface area contributed by atoms with Crippen molar-refractivity contribution in [3.8, 4) is 22.8 Å². The molecule has 152 valence electrons. The van der Waals surface area contributed by atoms with Gasteiger partial charge in [-0.25, -0.2) is 4.39 Å². The molecule has 0 spiro atoms. The molecule has 0 saturated carbocycles. The number of carbonyl (C=O) groups excluding carboxylic acids is 1. The van der Waals surface area contributed by atoms with Gasteiger partial charge in [-0.1, -0.05) is 25.5 Å². The maximum Gasteiger partial charge on any atom is 0.228 e. The van der Waals surface area contributed by atoms with Crippen molar-refractivity contribution in [1.29, 1.82) is 0 Å². The molecule has 29 heavy (non-hydrogen) atoms. The predicted molar refractivity (Wildman–Crippen MR) is 110 cm³/mol. The number of carbonyl (C=O) groups is 1. The van der Waals surface area contributed by atoms with Crippen LogP contribution in [0.25, 0.3) is 11.3 Å². The van der Waals surface area contributed by atoms with E-state index in [4.69, 9.17) is 9.47 Å². The SMILES string of the molecule is CCCc1[nH]nc(-c2ccc(OC)c(OC)c2)c1NC(=O)Cc1ccc(F)cc1. The number of hydrogen-bond donors (Lipinski definition) is 2. The highest BCUT2D eigenvalue weighted by Gasteiger charge is 2.18. The van der Waals surface area contributed by atoms with Crippen LogP contribution in [0.1, 0.15) is 24.6 Å². The minimum absolute atomic E-state index is 0.141. The Hall–Kier alpha value is -3.35. The number of methoxy groups -OCH3 is 2. The van der Waals surface area contributed by atoms with Gasteiger partial charge >= 0.3 is 0 Å². The fourth-order valence-electron chi connectivity index (χ4n) is 3.11. The van der Waals surface area contributed by atoms with Crippen LogP contribution in [-0.2, 0) is 17.6 Å². The number of H-pyrrole nitrogens is 1. The summed E-state index contributed by atoms with van der Waals surface area (Å²) in [6.45, 7) is 2.06. The van der Waals surface area contributed by atoms with Gasteiger partial charge in [0.2, 0.25) is 5.91 Å². The molecule has 3 rings (SSSR count). The third kappa shape index (κ3) is 4.74. The van der Waals surface area contributed by atoms with Crippen molar-refractivity contribution in [3.05, 3.63) is 59.5 Å². The maximum atomic E-state index is 13.1.